The molecule has 0 aliphatic heterocycles. The van der Waals surface area contributed by atoms with E-state index < -0.39 is 0 Å². The number of aromatic amines is 1. The summed E-state index contributed by atoms with van der Waals surface area (Å²) >= 11 is 3.34. The summed E-state index contributed by atoms with van der Waals surface area (Å²) < 4.78 is 1.00. The summed E-state index contributed by atoms with van der Waals surface area (Å²) in [4.78, 5) is 11.4. The normalized spacial score (nSPS) is 10.1. The van der Waals surface area contributed by atoms with Gasteiger partial charge in [0, 0.05) is 11.0 Å². The average Bonchev–Trinajstić information content (AvgIpc) is 2.81. The van der Waals surface area contributed by atoms with Crippen LogP contribution in [0.1, 0.15) is 16.2 Å². The minimum absolute atomic E-state index is 0.0390. The van der Waals surface area contributed by atoms with Crippen LogP contribution in [0.2, 0.25) is 0 Å². The Bertz CT molecular complexity index is 467. The Hall–Kier alpha value is -1.76. The van der Waals surface area contributed by atoms with Gasteiger partial charge in [-0.05, 0) is 22.9 Å². The molecule has 1 aromatic heterocycles. The van der Waals surface area contributed by atoms with Crippen molar-refractivity contribution >= 4 is 21.8 Å². The van der Waals surface area contributed by atoms with Crippen molar-refractivity contribution in [3.8, 4) is 0 Å². The number of hydrogen-bond donors (Lipinski definition) is 2. The Morgan fingerprint density at radius 3 is 2.75 bits per heavy atom. The van der Waals surface area contributed by atoms with E-state index in [9.17, 15) is 4.79 Å². The van der Waals surface area contributed by atoms with E-state index in [-0.39, 0.29) is 11.7 Å². The molecule has 0 bridgehead atoms. The van der Waals surface area contributed by atoms with Gasteiger partial charge in [0.05, 0.1) is 0 Å². The topological polar surface area (TPSA) is 83.6 Å². The lowest BCUT2D eigenvalue weighted by atomic mass is 10.2. The number of nitrogens with one attached hydrogen (secondary N) is 2. The van der Waals surface area contributed by atoms with E-state index >= 15 is 0 Å². The van der Waals surface area contributed by atoms with Crippen molar-refractivity contribution < 1.29 is 4.79 Å². The smallest absolute Gasteiger partial charge is 0.293 e. The lowest BCUT2D eigenvalue weighted by Crippen LogP contribution is -2.24. The summed E-state index contributed by atoms with van der Waals surface area (Å²) in [5, 5.41) is 15.4. The maximum atomic E-state index is 11.4. The van der Waals surface area contributed by atoms with Crippen LogP contribution in [0.5, 0.6) is 0 Å². The van der Waals surface area contributed by atoms with E-state index in [0.717, 1.165) is 10.0 Å². The Labute approximate surface area is 99.6 Å². The largest absolute Gasteiger partial charge is 0.345 e. The van der Waals surface area contributed by atoms with Crippen LogP contribution < -0.4 is 5.32 Å². The molecule has 0 radical (unpaired) electrons. The van der Waals surface area contributed by atoms with Gasteiger partial charge in [0.15, 0.2) is 0 Å². The van der Waals surface area contributed by atoms with Crippen molar-refractivity contribution in [2.45, 2.75) is 6.54 Å². The molecule has 0 unspecified atom stereocenters. The zero-order valence-corrected chi connectivity index (χ0v) is 9.73. The Morgan fingerprint density at radius 2 is 2.12 bits per heavy atom. The number of amides is 1. The number of nitrogens with zero attached hydrogens (tertiary/aromatic N) is 3. The average molecular weight is 282 g/mol. The molecule has 2 rings (SSSR count). The molecule has 0 spiro atoms. The first-order valence-corrected chi connectivity index (χ1v) is 5.31. The lowest BCUT2D eigenvalue weighted by molar-refractivity contribution is 0.0940. The Kier molecular flexibility index (Phi) is 3.25. The molecule has 7 heteroatoms. The lowest BCUT2D eigenvalue weighted by Gasteiger charge is -2.02. The number of halogens is 1. The van der Waals surface area contributed by atoms with Gasteiger partial charge in [-0.1, -0.05) is 28.1 Å². The number of rotatable bonds is 3. The molecule has 82 valence electrons. The van der Waals surface area contributed by atoms with Crippen LogP contribution in [-0.4, -0.2) is 26.5 Å². The molecule has 16 heavy (non-hydrogen) atoms. The van der Waals surface area contributed by atoms with Crippen LogP contribution in [-0.2, 0) is 6.54 Å². The van der Waals surface area contributed by atoms with Gasteiger partial charge in [-0.25, -0.2) is 0 Å². The molecular weight excluding hydrogens is 274 g/mol. The first-order valence-electron chi connectivity index (χ1n) is 4.52. The second kappa shape index (κ2) is 4.84. The second-order valence-corrected chi connectivity index (χ2v) is 3.96. The number of H-pyrrole nitrogens is 1. The molecule has 0 aliphatic carbocycles. The van der Waals surface area contributed by atoms with Gasteiger partial charge in [0.25, 0.3) is 11.7 Å². The van der Waals surface area contributed by atoms with Gasteiger partial charge in [-0.2, -0.15) is 5.21 Å². The highest BCUT2D eigenvalue weighted by Gasteiger charge is 2.09. The first kappa shape index (κ1) is 10.7. The fraction of sp³-hybridized carbons (Fsp3) is 0.111. The summed E-state index contributed by atoms with van der Waals surface area (Å²) in [5.74, 6) is -0.311. The molecule has 0 saturated carbocycles. The van der Waals surface area contributed by atoms with E-state index in [0.29, 0.717) is 6.54 Å². The van der Waals surface area contributed by atoms with Crippen LogP contribution >= 0.6 is 15.9 Å². The third kappa shape index (κ3) is 2.63. The number of carbonyl (C=O) groups excluding carboxylic acids is 1. The van der Waals surface area contributed by atoms with Gasteiger partial charge in [-0.15, -0.1) is 10.2 Å². The monoisotopic (exact) mass is 281 g/mol. The third-order valence-corrected chi connectivity index (χ3v) is 2.44. The number of carbonyl (C=O) groups is 1. The van der Waals surface area contributed by atoms with Crippen molar-refractivity contribution in [3.63, 3.8) is 0 Å². The van der Waals surface area contributed by atoms with Crippen molar-refractivity contribution in [2.24, 2.45) is 0 Å². The number of benzene rings is 1. The van der Waals surface area contributed by atoms with Crippen LogP contribution in [0.3, 0.4) is 0 Å². The summed E-state index contributed by atoms with van der Waals surface area (Å²) in [6.07, 6.45) is 0. The Balaban J connectivity index is 1.93. The molecule has 2 N–H and O–H groups in total. The van der Waals surface area contributed by atoms with E-state index in [1.54, 1.807) is 0 Å². The SMILES string of the molecule is O=C(NCc1ccc(Br)cc1)c1nn[nH]n1. The predicted molar refractivity (Wildman–Crippen MR) is 59.5 cm³/mol. The zero-order valence-electron chi connectivity index (χ0n) is 8.14. The van der Waals surface area contributed by atoms with E-state index in [4.69, 9.17) is 0 Å². The standard InChI is InChI=1S/C9H8BrN5O/c10-7-3-1-6(2-4-7)5-11-9(16)8-12-14-15-13-8/h1-4H,5H2,(H,11,16)(H,12,13,14,15). The minimum atomic E-state index is -0.350. The first-order chi connectivity index (χ1) is 7.75. The van der Waals surface area contributed by atoms with Crippen LogP contribution in [0, 0.1) is 0 Å². The molecule has 0 saturated heterocycles. The quantitative estimate of drug-likeness (QED) is 0.875. The number of tetrazole rings is 1. The van der Waals surface area contributed by atoms with Crippen molar-refractivity contribution in [1.82, 2.24) is 25.9 Å². The fourth-order valence-electron chi connectivity index (χ4n) is 1.12. The van der Waals surface area contributed by atoms with Crippen LogP contribution in [0.15, 0.2) is 28.7 Å². The molecule has 0 fully saturated rings. The minimum Gasteiger partial charge on any atom is -0.345 e. The van der Waals surface area contributed by atoms with E-state index in [1.165, 1.54) is 0 Å². The highest BCUT2D eigenvalue weighted by atomic mass is 79.9. The van der Waals surface area contributed by atoms with E-state index in [1.807, 2.05) is 24.3 Å². The molecule has 0 atom stereocenters. The fourth-order valence-corrected chi connectivity index (χ4v) is 1.39. The number of aromatic nitrogens is 4. The highest BCUT2D eigenvalue weighted by Crippen LogP contribution is 2.10. The second-order valence-electron chi connectivity index (χ2n) is 3.04. The summed E-state index contributed by atoms with van der Waals surface area (Å²) in [7, 11) is 0. The van der Waals surface area contributed by atoms with Crippen molar-refractivity contribution in [3.05, 3.63) is 40.1 Å². The molecular formula is C9H8BrN5O. The molecule has 2 aromatic rings. The maximum Gasteiger partial charge on any atom is 0.293 e. The summed E-state index contributed by atoms with van der Waals surface area (Å²) in [5.41, 5.74) is 1.00. The van der Waals surface area contributed by atoms with E-state index in [2.05, 4.69) is 41.9 Å². The zero-order chi connectivity index (χ0) is 11.4. The van der Waals surface area contributed by atoms with Crippen LogP contribution in [0.25, 0.3) is 0 Å². The number of hydrogen-bond acceptors (Lipinski definition) is 4. The van der Waals surface area contributed by atoms with Gasteiger partial charge in [0.1, 0.15) is 0 Å². The molecule has 1 amide bonds. The maximum absolute atomic E-state index is 11.4. The van der Waals surface area contributed by atoms with Crippen molar-refractivity contribution in [2.75, 3.05) is 0 Å². The van der Waals surface area contributed by atoms with Gasteiger partial charge < -0.3 is 5.32 Å². The van der Waals surface area contributed by atoms with Gasteiger partial charge in [0.2, 0.25) is 0 Å². The highest BCUT2D eigenvalue weighted by molar-refractivity contribution is 9.10. The third-order valence-electron chi connectivity index (χ3n) is 1.91. The molecule has 1 aromatic carbocycles. The molecule has 1 heterocycles. The van der Waals surface area contributed by atoms with Gasteiger partial charge >= 0.3 is 0 Å². The molecule has 0 aliphatic rings. The predicted octanol–water partition coefficient (Wildman–Crippen LogP) is 0.892. The summed E-state index contributed by atoms with van der Waals surface area (Å²) in [6, 6.07) is 7.66. The Morgan fingerprint density at radius 1 is 1.38 bits per heavy atom. The summed E-state index contributed by atoms with van der Waals surface area (Å²) in [6.45, 7) is 0.431. The van der Waals surface area contributed by atoms with Gasteiger partial charge in [-0.3, -0.25) is 4.79 Å². The van der Waals surface area contributed by atoms with Crippen LogP contribution in [0.4, 0.5) is 0 Å². The van der Waals surface area contributed by atoms with Crippen molar-refractivity contribution in [1.29, 1.82) is 0 Å². The molecule has 6 nitrogen and oxygen atoms in total.